The van der Waals surface area contributed by atoms with Gasteiger partial charge in [0.1, 0.15) is 30.0 Å². The van der Waals surface area contributed by atoms with E-state index in [9.17, 15) is 24.3 Å². The number of aromatic nitrogens is 1. The lowest BCUT2D eigenvalue weighted by Gasteiger charge is -2.44. The highest BCUT2D eigenvalue weighted by Crippen LogP contribution is 2.50. The molecule has 3 aliphatic rings. The second kappa shape index (κ2) is 21.0. The number of amides is 3. The van der Waals surface area contributed by atoms with Crippen LogP contribution < -0.4 is 10.6 Å². The Bertz CT molecular complexity index is 2560. The average molecular weight is 954 g/mol. The number of aryl methyl sites for hydroxylation is 1. The third-order valence-electron chi connectivity index (χ3n) is 13.1. The number of hydrogen-bond donors (Lipinski definition) is 3. The number of nitrogens with zero attached hydrogens (tertiary/aromatic N) is 3. The Labute approximate surface area is 400 Å². The average Bonchev–Trinajstić information content (AvgIpc) is 4.00. The van der Waals surface area contributed by atoms with Crippen molar-refractivity contribution in [2.24, 2.45) is 11.3 Å². The maximum atomic E-state index is 16.1. The van der Waals surface area contributed by atoms with Gasteiger partial charge in [-0.25, -0.2) is 18.2 Å². The van der Waals surface area contributed by atoms with Crippen molar-refractivity contribution >= 4 is 46.5 Å². The van der Waals surface area contributed by atoms with Crippen LogP contribution in [0, 0.1) is 29.9 Å². The molecule has 0 unspecified atom stereocenters. The van der Waals surface area contributed by atoms with Crippen molar-refractivity contribution in [2.45, 2.75) is 111 Å². The molecule has 0 bridgehead atoms. The highest BCUT2D eigenvalue weighted by Gasteiger charge is 2.45. The minimum absolute atomic E-state index is 0.0128. The molecule has 3 amide bonds. The van der Waals surface area contributed by atoms with Crippen LogP contribution in [0.2, 0.25) is 0 Å². The van der Waals surface area contributed by atoms with Gasteiger partial charge in [-0.05, 0) is 103 Å². The van der Waals surface area contributed by atoms with E-state index in [0.717, 1.165) is 50.0 Å². The van der Waals surface area contributed by atoms with Crippen molar-refractivity contribution in [3.05, 3.63) is 123 Å². The number of Topliss-reactive ketones (excluding diaryl/α,β-unsaturated/α-hetero) is 1. The number of ketones is 1. The number of alkyl halides is 1. The quantitative estimate of drug-likeness (QED) is 0.0709. The molecule has 68 heavy (non-hydrogen) atoms. The van der Waals surface area contributed by atoms with Crippen molar-refractivity contribution in [2.75, 3.05) is 32.8 Å². The fraction of sp³-hybridized carbons (Fsp3) is 0.453. The monoisotopic (exact) mass is 953 g/mol. The molecule has 7 rings (SSSR count). The fourth-order valence-corrected chi connectivity index (χ4v) is 10.5. The van der Waals surface area contributed by atoms with Crippen molar-refractivity contribution < 1.29 is 42.2 Å². The Hall–Kier alpha value is -5.48. The highest BCUT2D eigenvalue weighted by molar-refractivity contribution is 7.13. The normalized spacial score (nSPS) is 20.1. The molecule has 15 heteroatoms. The highest BCUT2D eigenvalue weighted by atomic mass is 32.1. The number of nitrogens with one attached hydrogen (secondary N) is 2. The van der Waals surface area contributed by atoms with Gasteiger partial charge in [-0.2, -0.15) is 0 Å². The zero-order valence-electron chi connectivity index (χ0n) is 39.8. The number of carbonyl (C=O) groups is 4. The van der Waals surface area contributed by atoms with Crippen LogP contribution in [-0.2, 0) is 36.9 Å². The van der Waals surface area contributed by atoms with Crippen LogP contribution in [0.5, 0.6) is 0 Å². The molecule has 3 aromatic carbocycles. The van der Waals surface area contributed by atoms with E-state index < -0.39 is 64.5 Å². The van der Waals surface area contributed by atoms with Gasteiger partial charge in [0.25, 0.3) is 0 Å². The molecule has 4 aromatic rings. The van der Waals surface area contributed by atoms with Crippen LogP contribution in [0.3, 0.4) is 0 Å². The summed E-state index contributed by atoms with van der Waals surface area (Å²) in [5.41, 5.74) is 6.42. The molecule has 2 aliphatic heterocycles. The second-order valence-electron chi connectivity index (χ2n) is 20.0. The van der Waals surface area contributed by atoms with Gasteiger partial charge in [0.15, 0.2) is 5.78 Å². The smallest absolute Gasteiger partial charge is 0.244 e. The number of β-amino-alcohol motifs (C(OH)–C–C–N with tert-alkyl or cyclic N) is 1. The molecule has 0 spiro atoms. The number of halogens is 3. The van der Waals surface area contributed by atoms with Crippen LogP contribution >= 0.6 is 11.3 Å². The van der Waals surface area contributed by atoms with E-state index in [2.05, 4.69) is 15.6 Å². The second-order valence-corrected chi connectivity index (χ2v) is 20.9. The van der Waals surface area contributed by atoms with Crippen LogP contribution in [0.25, 0.3) is 22.1 Å². The van der Waals surface area contributed by atoms with E-state index in [1.807, 2.05) is 88.0 Å². The molecule has 3 heterocycles. The van der Waals surface area contributed by atoms with Crippen LogP contribution in [0.15, 0.2) is 77.8 Å². The third kappa shape index (κ3) is 11.8. The van der Waals surface area contributed by atoms with Gasteiger partial charge in [0.05, 0.1) is 34.8 Å². The van der Waals surface area contributed by atoms with Gasteiger partial charge in [-0.1, -0.05) is 69.3 Å². The summed E-state index contributed by atoms with van der Waals surface area (Å²) >= 11 is 1.56. The zero-order valence-corrected chi connectivity index (χ0v) is 40.7. The Morgan fingerprint density at radius 2 is 1.72 bits per heavy atom. The Morgan fingerprint density at radius 3 is 2.38 bits per heavy atom. The summed E-state index contributed by atoms with van der Waals surface area (Å²) in [5, 5.41) is 16.1. The topological polar surface area (TPSA) is 141 Å². The molecule has 1 fully saturated rings. The van der Waals surface area contributed by atoms with Crippen molar-refractivity contribution in [3.63, 3.8) is 0 Å². The number of rotatable bonds is 17. The molecule has 1 aromatic heterocycles. The first kappa shape index (κ1) is 50.4. The van der Waals surface area contributed by atoms with Gasteiger partial charge in [-0.15, -0.1) is 11.3 Å². The largest absolute Gasteiger partial charge is 0.391 e. The van der Waals surface area contributed by atoms with E-state index in [4.69, 9.17) is 4.74 Å². The maximum absolute atomic E-state index is 16.1. The first-order valence-electron chi connectivity index (χ1n) is 23.2. The zero-order chi connectivity index (χ0) is 49.1. The lowest BCUT2D eigenvalue weighted by Crippen LogP contribution is -2.50. The molecule has 1 aliphatic carbocycles. The summed E-state index contributed by atoms with van der Waals surface area (Å²) in [6, 6.07) is 16.2. The predicted octanol–water partition coefficient (Wildman–Crippen LogP) is 8.34. The minimum atomic E-state index is -1.61. The molecule has 0 saturated carbocycles. The first-order chi connectivity index (χ1) is 32.2. The molecule has 362 valence electrons. The summed E-state index contributed by atoms with van der Waals surface area (Å²) < 4.78 is 53.0. The van der Waals surface area contributed by atoms with E-state index in [0.29, 0.717) is 12.8 Å². The summed E-state index contributed by atoms with van der Waals surface area (Å²) in [5.74, 6) is -4.08. The lowest BCUT2D eigenvalue weighted by molar-refractivity contribution is -0.146. The van der Waals surface area contributed by atoms with E-state index in [1.165, 1.54) is 37.0 Å². The molecule has 0 radical (unpaired) electrons. The third-order valence-corrected chi connectivity index (χ3v) is 14.1. The summed E-state index contributed by atoms with van der Waals surface area (Å²) in [6.45, 7) is 12.2. The van der Waals surface area contributed by atoms with Crippen LogP contribution in [-0.4, -0.2) is 100 Å². The van der Waals surface area contributed by atoms with E-state index >= 15 is 13.2 Å². The number of benzene rings is 3. The SMILES string of the molecule is Cc1ncsc1-c1ccc(CNC(=O)[C@@H]2C[C@@H](O)CN2C(=O)[C@@H](CC(=O)COCCNC(=O)/C=C/c2cc(F)c([C@@H]3C4=C(C[C@@H](C)N3CC(C)(C)F)c3ccccc3C4)c(F)c2)C(C)(C)C)cc1. The van der Waals surface area contributed by atoms with E-state index in [1.54, 1.807) is 16.8 Å². The number of likely N-dealkylation sites (tertiary alicyclic amines) is 1. The van der Waals surface area contributed by atoms with Gasteiger partial charge in [-0.3, -0.25) is 24.1 Å². The van der Waals surface area contributed by atoms with Crippen molar-refractivity contribution in [1.29, 1.82) is 0 Å². The number of aliphatic hydroxyl groups excluding tert-OH is 1. The summed E-state index contributed by atoms with van der Waals surface area (Å²) in [4.78, 5) is 62.1. The van der Waals surface area contributed by atoms with Crippen LogP contribution in [0.1, 0.15) is 100 Å². The summed E-state index contributed by atoms with van der Waals surface area (Å²) in [7, 11) is 0. The number of aliphatic hydroxyl groups is 1. The van der Waals surface area contributed by atoms with Gasteiger partial charge >= 0.3 is 0 Å². The molecular weight excluding hydrogens is 892 g/mol. The number of thiazole rings is 1. The standard InChI is InChI=1S/C53H62F3N5O6S/c1-31-20-40-39-11-9-8-10-36(39)23-41(40)48(61(31)29-53(6,7)56)47-43(54)21-34(22-44(47)55)14-17-46(64)57-18-19-67-28-38(63)24-42(52(3,4)5)51(66)60-27-37(62)25-45(60)50(65)58-26-33-12-15-35(16-13-33)49-32(2)59-30-68-49/h8-17,21-22,30-31,37,42,45,48,62H,18-20,23-29H2,1-7H3,(H,57,64)(H,58,65)/b17-14+/t31-,37-,42-,45+,48+/m1/s1. The minimum Gasteiger partial charge on any atom is -0.391 e. The first-order valence-corrected chi connectivity index (χ1v) is 24.1. The fourth-order valence-electron chi connectivity index (χ4n) is 9.69. The maximum Gasteiger partial charge on any atom is 0.244 e. The van der Waals surface area contributed by atoms with Gasteiger partial charge in [0, 0.05) is 62.6 Å². The van der Waals surface area contributed by atoms with Gasteiger partial charge < -0.3 is 25.4 Å². The summed E-state index contributed by atoms with van der Waals surface area (Å²) in [6.07, 6.45) is 2.63. The Kier molecular flexibility index (Phi) is 15.6. The number of hydrogen-bond acceptors (Lipinski definition) is 9. The van der Waals surface area contributed by atoms with Crippen LogP contribution in [0.4, 0.5) is 13.2 Å². The Balaban J connectivity index is 0.895. The van der Waals surface area contributed by atoms with Crippen molar-refractivity contribution in [3.8, 4) is 10.4 Å². The number of carbonyl (C=O) groups excluding carboxylic acids is 4. The molecule has 5 atom stereocenters. The van der Waals surface area contributed by atoms with Crippen molar-refractivity contribution in [1.82, 2.24) is 25.4 Å². The number of fused-ring (bicyclic) bond motifs is 2. The molecular formula is C53H62F3N5O6S. The molecule has 1 saturated heterocycles. The number of ether oxygens (including phenoxy) is 1. The molecule has 3 N–H and O–H groups in total. The Morgan fingerprint density at radius 1 is 1.01 bits per heavy atom. The lowest BCUT2D eigenvalue weighted by atomic mass is 9.77. The van der Waals surface area contributed by atoms with Gasteiger partial charge in [0.2, 0.25) is 17.7 Å². The van der Waals surface area contributed by atoms with E-state index in [-0.39, 0.29) is 75.2 Å². The molecule has 11 nitrogen and oxygen atoms in total. The predicted molar refractivity (Wildman–Crippen MR) is 258 cm³/mol.